The largest absolute Gasteiger partial charge is 0.511 e. The van der Waals surface area contributed by atoms with Crippen molar-refractivity contribution in [3.05, 3.63) is 71.3 Å². The van der Waals surface area contributed by atoms with Gasteiger partial charge in [-0.25, -0.2) is 4.79 Å². The number of benzene rings is 2. The highest BCUT2D eigenvalue weighted by Gasteiger charge is 2.20. The van der Waals surface area contributed by atoms with E-state index in [4.69, 9.17) is 14.2 Å². The van der Waals surface area contributed by atoms with Crippen molar-refractivity contribution in [1.29, 1.82) is 0 Å². The van der Waals surface area contributed by atoms with Crippen LogP contribution in [0.25, 0.3) is 0 Å². The zero-order valence-electron chi connectivity index (χ0n) is 16.8. The van der Waals surface area contributed by atoms with Gasteiger partial charge in [0.1, 0.15) is 6.61 Å². The topological polar surface area (TPSA) is 94.1 Å². The summed E-state index contributed by atoms with van der Waals surface area (Å²) in [4.78, 5) is 22.7. The Kier molecular flexibility index (Phi) is 8.18. The molecule has 29 heavy (non-hydrogen) atoms. The van der Waals surface area contributed by atoms with Gasteiger partial charge in [-0.05, 0) is 31.9 Å². The molecule has 2 aromatic carbocycles. The van der Waals surface area contributed by atoms with Crippen molar-refractivity contribution < 1.29 is 28.9 Å². The maximum absolute atomic E-state index is 11.9. The number of hydrogen-bond acceptors (Lipinski definition) is 7. The number of carbonyl (C=O) groups excluding carboxylic acids is 2. The highest BCUT2D eigenvalue weighted by Crippen LogP contribution is 2.22. The first kappa shape index (κ1) is 22.4. The molecule has 0 aliphatic carbocycles. The van der Waals surface area contributed by atoms with Gasteiger partial charge in [-0.15, -0.1) is 0 Å². The van der Waals surface area contributed by atoms with E-state index in [2.05, 4.69) is 5.32 Å². The number of hydrogen-bond donors (Lipinski definition) is 2. The SMILES string of the molecule is CC(C)(C)NC[C@H](O)c1ccc([C@H](OC=O)OC(=O)OCc2ccccc2)cc1. The molecule has 0 aromatic heterocycles. The molecule has 0 spiro atoms. The molecule has 2 N–H and O–H groups in total. The first-order valence-electron chi connectivity index (χ1n) is 9.28. The van der Waals surface area contributed by atoms with Crippen LogP contribution in [0.2, 0.25) is 0 Å². The fourth-order valence-corrected chi connectivity index (χ4v) is 2.46. The molecule has 0 unspecified atom stereocenters. The highest BCUT2D eigenvalue weighted by molar-refractivity contribution is 5.60. The summed E-state index contributed by atoms with van der Waals surface area (Å²) >= 11 is 0. The summed E-state index contributed by atoms with van der Waals surface area (Å²) < 4.78 is 15.0. The van der Waals surface area contributed by atoms with Gasteiger partial charge in [-0.2, -0.15) is 0 Å². The van der Waals surface area contributed by atoms with E-state index in [0.717, 1.165) is 5.56 Å². The van der Waals surface area contributed by atoms with E-state index < -0.39 is 18.5 Å². The molecule has 0 saturated heterocycles. The molecular weight excluding hydrogens is 374 g/mol. The van der Waals surface area contributed by atoms with Crippen molar-refractivity contribution in [3.63, 3.8) is 0 Å². The lowest BCUT2D eigenvalue weighted by Crippen LogP contribution is -2.38. The second-order valence-electron chi connectivity index (χ2n) is 7.52. The van der Waals surface area contributed by atoms with Gasteiger partial charge < -0.3 is 24.6 Å². The minimum Gasteiger partial charge on any atom is -0.429 e. The Hall–Kier alpha value is -2.90. The molecule has 0 aliphatic heterocycles. The molecule has 0 aliphatic rings. The van der Waals surface area contributed by atoms with E-state index in [0.29, 0.717) is 17.7 Å². The van der Waals surface area contributed by atoms with Crippen LogP contribution in [0.5, 0.6) is 0 Å². The highest BCUT2D eigenvalue weighted by atomic mass is 16.8. The van der Waals surface area contributed by atoms with E-state index in [1.54, 1.807) is 24.3 Å². The summed E-state index contributed by atoms with van der Waals surface area (Å²) in [7, 11) is 0. The fourth-order valence-electron chi connectivity index (χ4n) is 2.46. The van der Waals surface area contributed by atoms with Crippen molar-refractivity contribution in [2.75, 3.05) is 6.54 Å². The molecule has 2 rings (SSSR count). The van der Waals surface area contributed by atoms with Gasteiger partial charge in [-0.1, -0.05) is 54.6 Å². The van der Waals surface area contributed by atoms with Gasteiger partial charge >= 0.3 is 6.16 Å². The average Bonchev–Trinajstić information content (AvgIpc) is 2.70. The normalized spacial score (nSPS) is 13.2. The zero-order chi connectivity index (χ0) is 21.3. The second-order valence-corrected chi connectivity index (χ2v) is 7.52. The Balaban J connectivity index is 1.95. The first-order valence-corrected chi connectivity index (χ1v) is 9.28. The molecule has 0 heterocycles. The van der Waals surface area contributed by atoms with Crippen LogP contribution in [0.4, 0.5) is 4.79 Å². The lowest BCUT2D eigenvalue weighted by atomic mass is 10.0. The van der Waals surface area contributed by atoms with Gasteiger partial charge in [0.05, 0.1) is 6.10 Å². The number of carbonyl (C=O) groups is 2. The quantitative estimate of drug-likeness (QED) is 0.376. The minimum atomic E-state index is -1.24. The van der Waals surface area contributed by atoms with Gasteiger partial charge in [0.15, 0.2) is 0 Å². The van der Waals surface area contributed by atoms with Gasteiger partial charge in [0, 0.05) is 17.6 Å². The Morgan fingerprint density at radius 1 is 1.07 bits per heavy atom. The maximum atomic E-state index is 11.9. The monoisotopic (exact) mass is 401 g/mol. The summed E-state index contributed by atoms with van der Waals surface area (Å²) in [5.41, 5.74) is 1.81. The molecule has 7 heteroatoms. The number of β-amino-alcohol motifs (C(OH)–C–C–N with tert-alkyl or cyclic N) is 1. The predicted octanol–water partition coefficient (Wildman–Crippen LogP) is 3.63. The van der Waals surface area contributed by atoms with Gasteiger partial charge in [0.2, 0.25) is 0 Å². The smallest absolute Gasteiger partial charge is 0.429 e. The van der Waals surface area contributed by atoms with Gasteiger partial charge in [-0.3, -0.25) is 4.79 Å². The van der Waals surface area contributed by atoms with Crippen molar-refractivity contribution >= 4 is 12.6 Å². The van der Waals surface area contributed by atoms with E-state index in [-0.39, 0.29) is 18.6 Å². The van der Waals surface area contributed by atoms with E-state index in [1.165, 1.54) is 0 Å². The average molecular weight is 401 g/mol. The van der Waals surface area contributed by atoms with Crippen LogP contribution in [0, 0.1) is 0 Å². The molecule has 156 valence electrons. The lowest BCUT2D eigenvalue weighted by Gasteiger charge is -2.23. The van der Waals surface area contributed by atoms with Crippen LogP contribution >= 0.6 is 0 Å². The van der Waals surface area contributed by atoms with Crippen molar-refractivity contribution in [2.45, 2.75) is 45.3 Å². The van der Waals surface area contributed by atoms with E-state index in [9.17, 15) is 14.7 Å². The molecule has 0 bridgehead atoms. The summed E-state index contributed by atoms with van der Waals surface area (Å²) in [5, 5.41) is 13.5. The summed E-state index contributed by atoms with van der Waals surface area (Å²) in [6.07, 6.45) is -2.90. The van der Waals surface area contributed by atoms with E-state index in [1.807, 2.05) is 51.1 Å². The predicted molar refractivity (Wildman–Crippen MR) is 107 cm³/mol. The van der Waals surface area contributed by atoms with Crippen LogP contribution in [0.1, 0.15) is 49.9 Å². The number of aliphatic hydroxyl groups is 1. The van der Waals surface area contributed by atoms with Crippen molar-refractivity contribution in [2.24, 2.45) is 0 Å². The van der Waals surface area contributed by atoms with Crippen LogP contribution in [0.3, 0.4) is 0 Å². The fraction of sp³-hybridized carbons (Fsp3) is 0.364. The second kappa shape index (κ2) is 10.6. The number of nitrogens with one attached hydrogen (secondary N) is 1. The molecule has 2 atom stereocenters. The first-order chi connectivity index (χ1) is 13.8. The van der Waals surface area contributed by atoms with Gasteiger partial charge in [0.25, 0.3) is 12.8 Å². The summed E-state index contributed by atoms with van der Waals surface area (Å²) in [6.45, 7) is 6.67. The molecule has 0 amide bonds. The molecule has 7 nitrogen and oxygen atoms in total. The number of rotatable bonds is 9. The molecular formula is C22H27NO6. The Labute approximate surface area is 170 Å². The van der Waals surface area contributed by atoms with Crippen LogP contribution in [-0.4, -0.2) is 29.8 Å². The van der Waals surface area contributed by atoms with E-state index >= 15 is 0 Å². The number of aliphatic hydroxyl groups excluding tert-OH is 1. The Morgan fingerprint density at radius 2 is 1.69 bits per heavy atom. The molecule has 2 aromatic rings. The van der Waals surface area contributed by atoms with Crippen molar-refractivity contribution in [1.82, 2.24) is 5.32 Å². The lowest BCUT2D eigenvalue weighted by molar-refractivity contribution is -0.157. The Bertz CT molecular complexity index is 770. The standard InChI is InChI=1S/C22H27NO6/c1-22(2,3)23-13-19(25)17-9-11-18(12-10-17)20(28-15-24)29-21(26)27-14-16-7-5-4-6-8-16/h4-12,15,19-20,23,25H,13-14H2,1-3H3/t19-,20+/m0/s1. The maximum Gasteiger partial charge on any atom is 0.511 e. The number of ether oxygens (including phenoxy) is 3. The molecule has 0 fully saturated rings. The zero-order valence-corrected chi connectivity index (χ0v) is 16.8. The van der Waals surface area contributed by atoms with Crippen LogP contribution < -0.4 is 5.32 Å². The third kappa shape index (κ3) is 7.93. The third-order valence-electron chi connectivity index (χ3n) is 4.00. The minimum absolute atomic E-state index is 0.0411. The molecule has 0 saturated carbocycles. The van der Waals surface area contributed by atoms with Crippen LogP contribution in [-0.2, 0) is 25.6 Å². The summed E-state index contributed by atoms with van der Waals surface area (Å²) in [6, 6.07) is 15.7. The van der Waals surface area contributed by atoms with Crippen molar-refractivity contribution in [3.8, 4) is 0 Å². The molecule has 0 radical (unpaired) electrons. The summed E-state index contributed by atoms with van der Waals surface area (Å²) in [5.74, 6) is 0. The Morgan fingerprint density at radius 3 is 2.28 bits per heavy atom. The van der Waals surface area contributed by atoms with Crippen LogP contribution in [0.15, 0.2) is 54.6 Å². The third-order valence-corrected chi connectivity index (χ3v) is 4.00.